The van der Waals surface area contributed by atoms with E-state index in [-0.39, 0.29) is 5.75 Å². The Labute approximate surface area is 68.6 Å². The molecule has 0 aliphatic carbocycles. The summed E-state index contributed by atoms with van der Waals surface area (Å²) in [6, 6.07) is 0. The van der Waals surface area contributed by atoms with Crippen molar-refractivity contribution in [2.24, 2.45) is 0 Å². The Morgan fingerprint density at radius 2 is 1.64 bits per heavy atom. The van der Waals surface area contributed by atoms with Crippen molar-refractivity contribution >= 4 is 10.1 Å². The summed E-state index contributed by atoms with van der Waals surface area (Å²) in [7, 11) is -3.71. The van der Waals surface area contributed by atoms with E-state index in [9.17, 15) is 8.42 Å². The third kappa shape index (κ3) is 9.91. The lowest BCUT2D eigenvalue weighted by Gasteiger charge is -1.96. The lowest BCUT2D eigenvalue weighted by atomic mass is 10.2. The molecule has 4 heteroatoms. The minimum atomic E-state index is -3.71. The van der Waals surface area contributed by atoms with Gasteiger partial charge in [0, 0.05) is 0 Å². The van der Waals surface area contributed by atoms with Crippen molar-refractivity contribution in [2.75, 3.05) is 5.75 Å². The Morgan fingerprint density at radius 1 is 1.09 bits per heavy atom. The van der Waals surface area contributed by atoms with Gasteiger partial charge in [-0.15, -0.1) is 0 Å². The van der Waals surface area contributed by atoms with Crippen LogP contribution in [-0.2, 0) is 10.1 Å². The first-order valence-corrected chi connectivity index (χ1v) is 5.62. The molecule has 3 nitrogen and oxygen atoms in total. The molecule has 0 atom stereocenters. The molecule has 0 aromatic heterocycles. The highest BCUT2D eigenvalue weighted by atomic mass is 32.2. The Bertz CT molecular complexity index is 172. The summed E-state index contributed by atoms with van der Waals surface area (Å²) in [6.45, 7) is 2.10. The van der Waals surface area contributed by atoms with Gasteiger partial charge < -0.3 is 0 Å². The van der Waals surface area contributed by atoms with Crippen LogP contribution in [-0.4, -0.2) is 18.7 Å². The SMILES string of the molecule is CCCCCCCS(=O)(=O)O. The fraction of sp³-hybridized carbons (Fsp3) is 1.00. The van der Waals surface area contributed by atoms with Crippen molar-refractivity contribution in [1.82, 2.24) is 0 Å². The second kappa shape index (κ2) is 5.55. The highest BCUT2D eigenvalue weighted by Gasteiger charge is 2.02. The topological polar surface area (TPSA) is 54.4 Å². The van der Waals surface area contributed by atoms with Gasteiger partial charge in [0.15, 0.2) is 0 Å². The molecule has 0 aliphatic rings. The van der Waals surface area contributed by atoms with Gasteiger partial charge in [-0.25, -0.2) is 0 Å². The quantitative estimate of drug-likeness (QED) is 0.501. The fourth-order valence-electron chi connectivity index (χ4n) is 0.888. The summed E-state index contributed by atoms with van der Waals surface area (Å²) in [5, 5.41) is 0. The molecule has 0 amide bonds. The summed E-state index contributed by atoms with van der Waals surface area (Å²) in [5.74, 6) is -0.0866. The molecule has 0 aromatic carbocycles. The molecule has 0 unspecified atom stereocenters. The molecule has 0 radical (unpaired) electrons. The van der Waals surface area contributed by atoms with Crippen LogP contribution < -0.4 is 0 Å². The second-order valence-corrected chi connectivity index (χ2v) is 4.27. The Balaban J connectivity index is 3.16. The molecule has 0 bridgehead atoms. The molecule has 0 spiro atoms. The van der Waals surface area contributed by atoms with E-state index in [0.29, 0.717) is 6.42 Å². The lowest BCUT2D eigenvalue weighted by molar-refractivity contribution is 0.479. The maximum absolute atomic E-state index is 10.2. The van der Waals surface area contributed by atoms with E-state index in [0.717, 1.165) is 25.7 Å². The minimum absolute atomic E-state index is 0.0866. The number of unbranched alkanes of at least 4 members (excludes halogenated alkanes) is 4. The van der Waals surface area contributed by atoms with E-state index >= 15 is 0 Å². The van der Waals surface area contributed by atoms with Crippen LogP contribution in [0, 0.1) is 0 Å². The maximum atomic E-state index is 10.2. The van der Waals surface area contributed by atoms with Gasteiger partial charge in [0.25, 0.3) is 10.1 Å². The molecule has 11 heavy (non-hydrogen) atoms. The first-order valence-electron chi connectivity index (χ1n) is 4.01. The summed E-state index contributed by atoms with van der Waals surface area (Å²) < 4.78 is 28.8. The van der Waals surface area contributed by atoms with Crippen LogP contribution in [0.15, 0.2) is 0 Å². The Kier molecular flexibility index (Phi) is 5.50. The van der Waals surface area contributed by atoms with E-state index in [1.165, 1.54) is 0 Å². The predicted molar refractivity (Wildman–Crippen MR) is 45.2 cm³/mol. The van der Waals surface area contributed by atoms with Crippen LogP contribution in [0.3, 0.4) is 0 Å². The molecular weight excluding hydrogens is 164 g/mol. The number of rotatable bonds is 6. The average molecular weight is 180 g/mol. The summed E-state index contributed by atoms with van der Waals surface area (Å²) in [6.07, 6.45) is 4.83. The molecule has 0 aromatic rings. The van der Waals surface area contributed by atoms with Crippen molar-refractivity contribution in [2.45, 2.75) is 39.0 Å². The van der Waals surface area contributed by atoms with Crippen LogP contribution >= 0.6 is 0 Å². The third-order valence-electron chi connectivity index (χ3n) is 1.51. The lowest BCUT2D eigenvalue weighted by Crippen LogP contribution is -2.03. The van der Waals surface area contributed by atoms with Gasteiger partial charge in [-0.2, -0.15) is 8.42 Å². The van der Waals surface area contributed by atoms with Crippen molar-refractivity contribution in [3.63, 3.8) is 0 Å². The highest BCUT2D eigenvalue weighted by Crippen LogP contribution is 2.03. The first-order chi connectivity index (χ1) is 5.06. The van der Waals surface area contributed by atoms with Gasteiger partial charge in [0.05, 0.1) is 5.75 Å². The highest BCUT2D eigenvalue weighted by molar-refractivity contribution is 7.85. The zero-order valence-corrected chi connectivity index (χ0v) is 7.73. The summed E-state index contributed by atoms with van der Waals surface area (Å²) >= 11 is 0. The second-order valence-electron chi connectivity index (χ2n) is 2.70. The van der Waals surface area contributed by atoms with Gasteiger partial charge in [-0.1, -0.05) is 32.6 Å². The molecule has 0 fully saturated rings. The van der Waals surface area contributed by atoms with E-state index in [2.05, 4.69) is 6.92 Å². The van der Waals surface area contributed by atoms with E-state index < -0.39 is 10.1 Å². The van der Waals surface area contributed by atoms with Crippen LogP contribution in [0.25, 0.3) is 0 Å². The molecule has 0 saturated heterocycles. The summed E-state index contributed by atoms with van der Waals surface area (Å²) in [4.78, 5) is 0. The smallest absolute Gasteiger partial charge is 0.264 e. The van der Waals surface area contributed by atoms with Crippen molar-refractivity contribution in [3.8, 4) is 0 Å². The summed E-state index contributed by atoms with van der Waals surface area (Å²) in [5.41, 5.74) is 0. The standard InChI is InChI=1S/C7H16O3S/c1-2-3-4-5-6-7-11(8,9)10/h2-7H2,1H3,(H,8,9,10). The number of hydrogen-bond acceptors (Lipinski definition) is 2. The monoisotopic (exact) mass is 180 g/mol. The molecule has 0 aliphatic heterocycles. The van der Waals surface area contributed by atoms with E-state index in [1.54, 1.807) is 0 Å². The van der Waals surface area contributed by atoms with E-state index in [4.69, 9.17) is 4.55 Å². The van der Waals surface area contributed by atoms with Gasteiger partial charge in [-0.3, -0.25) is 4.55 Å². The largest absolute Gasteiger partial charge is 0.286 e. The Morgan fingerprint density at radius 3 is 2.09 bits per heavy atom. The first kappa shape index (κ1) is 10.9. The molecule has 0 saturated carbocycles. The van der Waals surface area contributed by atoms with Crippen LogP contribution in [0.5, 0.6) is 0 Å². The van der Waals surface area contributed by atoms with Gasteiger partial charge in [-0.05, 0) is 6.42 Å². The maximum Gasteiger partial charge on any atom is 0.264 e. The molecule has 68 valence electrons. The Hall–Kier alpha value is -0.0900. The fourth-order valence-corrected chi connectivity index (χ4v) is 1.46. The minimum Gasteiger partial charge on any atom is -0.286 e. The van der Waals surface area contributed by atoms with Gasteiger partial charge >= 0.3 is 0 Å². The zero-order valence-electron chi connectivity index (χ0n) is 6.91. The normalized spacial score (nSPS) is 11.8. The van der Waals surface area contributed by atoms with Crippen LogP contribution in [0.4, 0.5) is 0 Å². The molecule has 0 rings (SSSR count). The zero-order chi connectivity index (χ0) is 8.74. The third-order valence-corrected chi connectivity index (χ3v) is 2.31. The van der Waals surface area contributed by atoms with Crippen LogP contribution in [0.1, 0.15) is 39.0 Å². The number of hydrogen-bond donors (Lipinski definition) is 1. The average Bonchev–Trinajstić information content (AvgIpc) is 1.85. The van der Waals surface area contributed by atoms with Crippen molar-refractivity contribution in [1.29, 1.82) is 0 Å². The van der Waals surface area contributed by atoms with Crippen LogP contribution in [0.2, 0.25) is 0 Å². The molecular formula is C7H16O3S. The van der Waals surface area contributed by atoms with Crippen molar-refractivity contribution in [3.05, 3.63) is 0 Å². The van der Waals surface area contributed by atoms with Gasteiger partial charge in [0.2, 0.25) is 0 Å². The molecule has 1 N–H and O–H groups in total. The van der Waals surface area contributed by atoms with Crippen molar-refractivity contribution < 1.29 is 13.0 Å². The van der Waals surface area contributed by atoms with Gasteiger partial charge in [0.1, 0.15) is 0 Å². The van der Waals surface area contributed by atoms with E-state index in [1.807, 2.05) is 0 Å². The predicted octanol–water partition coefficient (Wildman–Crippen LogP) is 1.84. The molecule has 0 heterocycles.